The quantitative estimate of drug-likeness (QED) is 0.273. The Morgan fingerprint density at radius 1 is 0.914 bits per heavy atom. The van der Waals surface area contributed by atoms with E-state index in [2.05, 4.69) is 10.3 Å². The number of carbonyl (C=O) groups is 3. The zero-order valence-corrected chi connectivity index (χ0v) is 20.8. The van der Waals surface area contributed by atoms with Crippen molar-refractivity contribution in [3.05, 3.63) is 81.4 Å². The van der Waals surface area contributed by atoms with Crippen LogP contribution in [-0.2, 0) is 11.3 Å². The summed E-state index contributed by atoms with van der Waals surface area (Å²) in [7, 11) is 0. The number of carbonyl (C=O) groups excluding carboxylic acids is 3. The maximum Gasteiger partial charge on any atom is 0.285 e. The molecule has 0 saturated carbocycles. The highest BCUT2D eigenvalue weighted by molar-refractivity contribution is 7.15. The number of hydrogen-bond acceptors (Lipinski definition) is 6. The van der Waals surface area contributed by atoms with Crippen LogP contribution in [-0.4, -0.2) is 34.4 Å². The van der Waals surface area contributed by atoms with Crippen molar-refractivity contribution < 1.29 is 19.2 Å². The maximum atomic E-state index is 12.4. The predicted octanol–water partition coefficient (Wildman–Crippen LogP) is 5.73. The normalized spacial score (nSPS) is 12.8. The fourth-order valence-electron chi connectivity index (χ4n) is 3.95. The lowest BCUT2D eigenvalue weighted by atomic mass is 10.1. The van der Waals surface area contributed by atoms with Gasteiger partial charge in [0, 0.05) is 10.4 Å². The number of fused-ring (bicyclic) bond motifs is 1. The largest absolute Gasteiger partial charge is 0.298 e. The van der Waals surface area contributed by atoms with E-state index in [0.717, 1.165) is 54.8 Å². The van der Waals surface area contributed by atoms with Gasteiger partial charge in [-0.3, -0.25) is 24.5 Å². The Labute approximate surface area is 209 Å². The molecule has 1 aliphatic rings. The van der Waals surface area contributed by atoms with Crippen molar-refractivity contribution in [3.63, 3.8) is 0 Å². The monoisotopic (exact) mass is 491 g/mol. The van der Waals surface area contributed by atoms with Crippen molar-refractivity contribution in [3.8, 4) is 0 Å². The van der Waals surface area contributed by atoms with Crippen molar-refractivity contribution in [1.82, 2.24) is 10.0 Å². The number of amides is 3. The van der Waals surface area contributed by atoms with Gasteiger partial charge in [0.15, 0.2) is 5.13 Å². The number of nitrogens with zero attached hydrogens (tertiary/aromatic N) is 2. The maximum absolute atomic E-state index is 12.4. The van der Waals surface area contributed by atoms with Crippen LogP contribution in [0.5, 0.6) is 0 Å². The Balaban J connectivity index is 1.12. The van der Waals surface area contributed by atoms with Crippen LogP contribution in [0.2, 0.25) is 0 Å². The number of aromatic nitrogens is 1. The second kappa shape index (κ2) is 11.4. The first kappa shape index (κ1) is 24.8. The average Bonchev–Trinajstić information content (AvgIpc) is 3.32. The minimum absolute atomic E-state index is 0.145. The molecule has 182 valence electrons. The van der Waals surface area contributed by atoms with Crippen LogP contribution in [0.1, 0.15) is 79.3 Å². The van der Waals surface area contributed by atoms with Gasteiger partial charge in [0.1, 0.15) is 0 Å². The molecule has 0 unspecified atom stereocenters. The number of anilines is 1. The van der Waals surface area contributed by atoms with Gasteiger partial charge in [0.2, 0.25) is 0 Å². The van der Waals surface area contributed by atoms with Gasteiger partial charge >= 0.3 is 0 Å². The van der Waals surface area contributed by atoms with E-state index in [9.17, 15) is 14.4 Å². The molecule has 0 atom stereocenters. The average molecular weight is 492 g/mol. The van der Waals surface area contributed by atoms with Crippen LogP contribution in [0, 0.1) is 13.8 Å². The Bertz CT molecular complexity index is 1180. The van der Waals surface area contributed by atoms with Crippen LogP contribution >= 0.6 is 11.3 Å². The fourth-order valence-corrected chi connectivity index (χ4v) is 4.95. The van der Waals surface area contributed by atoms with E-state index in [-0.39, 0.29) is 17.7 Å². The molecule has 1 aliphatic heterocycles. The number of imide groups is 1. The number of thiazole rings is 1. The van der Waals surface area contributed by atoms with Crippen molar-refractivity contribution in [2.24, 2.45) is 0 Å². The summed E-state index contributed by atoms with van der Waals surface area (Å²) in [6.45, 7) is 4.30. The molecule has 2 aromatic carbocycles. The standard InChI is InChI=1S/C27H29N3O4S/c1-18-13-15-20(16-14-18)24(31)29-27-28-19(2)23(35-27)12-6-4-3-5-9-17-34-30-25(32)21-10-7-8-11-22(21)26(30)33/h7-8,10-11,13-16H,3-6,9,12,17H2,1-2H3,(H,28,29,31). The molecular weight excluding hydrogens is 462 g/mol. The molecule has 0 saturated heterocycles. The topological polar surface area (TPSA) is 88.6 Å². The number of rotatable bonds is 11. The van der Waals surface area contributed by atoms with Gasteiger partial charge in [-0.2, -0.15) is 0 Å². The summed E-state index contributed by atoms with van der Waals surface area (Å²) in [5.74, 6) is -0.923. The zero-order chi connectivity index (χ0) is 24.8. The van der Waals surface area contributed by atoms with Gasteiger partial charge < -0.3 is 0 Å². The molecule has 1 N–H and O–H groups in total. The second-order valence-electron chi connectivity index (χ2n) is 8.65. The molecule has 0 aliphatic carbocycles. The summed E-state index contributed by atoms with van der Waals surface area (Å²) < 4.78 is 0. The SMILES string of the molecule is Cc1ccc(C(=O)Nc2nc(C)c(CCCCCCCON3C(=O)c4ccccc4C3=O)s2)cc1. The minimum Gasteiger partial charge on any atom is -0.298 e. The van der Waals surface area contributed by atoms with E-state index in [1.807, 2.05) is 38.1 Å². The van der Waals surface area contributed by atoms with Gasteiger partial charge in [-0.25, -0.2) is 4.98 Å². The number of benzene rings is 2. The molecule has 3 amide bonds. The summed E-state index contributed by atoms with van der Waals surface area (Å²) in [4.78, 5) is 48.1. The van der Waals surface area contributed by atoms with Crippen LogP contribution in [0.15, 0.2) is 48.5 Å². The predicted molar refractivity (Wildman–Crippen MR) is 136 cm³/mol. The van der Waals surface area contributed by atoms with E-state index >= 15 is 0 Å². The summed E-state index contributed by atoms with van der Waals surface area (Å²) in [6, 6.07) is 14.2. The van der Waals surface area contributed by atoms with Crippen molar-refractivity contribution in [2.75, 3.05) is 11.9 Å². The lowest BCUT2D eigenvalue weighted by Crippen LogP contribution is -2.30. The molecule has 8 heteroatoms. The molecule has 4 rings (SSSR count). The van der Waals surface area contributed by atoms with Crippen LogP contribution in [0.25, 0.3) is 0 Å². The summed E-state index contributed by atoms with van der Waals surface area (Å²) >= 11 is 1.53. The number of unbranched alkanes of at least 4 members (excludes halogenated alkanes) is 4. The van der Waals surface area contributed by atoms with Gasteiger partial charge in [-0.05, 0) is 57.4 Å². The fraction of sp³-hybridized carbons (Fsp3) is 0.333. The highest BCUT2D eigenvalue weighted by atomic mass is 32.1. The number of hydrogen-bond donors (Lipinski definition) is 1. The third kappa shape index (κ3) is 6.01. The number of hydroxylamine groups is 2. The first-order valence-corrected chi connectivity index (χ1v) is 12.7. The van der Waals surface area contributed by atoms with Crippen LogP contribution in [0.3, 0.4) is 0 Å². The first-order chi connectivity index (χ1) is 16.9. The number of aryl methyl sites for hydroxylation is 3. The van der Waals surface area contributed by atoms with Crippen molar-refractivity contribution in [1.29, 1.82) is 0 Å². The molecule has 0 fully saturated rings. The van der Waals surface area contributed by atoms with Crippen LogP contribution in [0.4, 0.5) is 5.13 Å². The van der Waals surface area contributed by atoms with Gasteiger partial charge in [-0.1, -0.05) is 49.1 Å². The Morgan fingerprint density at radius 2 is 1.54 bits per heavy atom. The molecule has 3 aromatic rings. The molecule has 1 aromatic heterocycles. The summed E-state index contributed by atoms with van der Waals surface area (Å²) in [5, 5.41) is 4.42. The third-order valence-electron chi connectivity index (χ3n) is 5.95. The molecule has 0 bridgehead atoms. The molecule has 2 heterocycles. The highest BCUT2D eigenvalue weighted by Gasteiger charge is 2.36. The molecule has 0 spiro atoms. The lowest BCUT2D eigenvalue weighted by Gasteiger charge is -2.13. The van der Waals surface area contributed by atoms with E-state index < -0.39 is 0 Å². The minimum atomic E-state index is -0.389. The van der Waals surface area contributed by atoms with Gasteiger partial charge in [0.05, 0.1) is 23.4 Å². The van der Waals surface area contributed by atoms with E-state index in [0.29, 0.717) is 28.4 Å². The van der Waals surface area contributed by atoms with Crippen molar-refractivity contribution >= 4 is 34.2 Å². The Hall–Kier alpha value is -3.36. The zero-order valence-electron chi connectivity index (χ0n) is 20.0. The molecular formula is C27H29N3O4S. The van der Waals surface area contributed by atoms with Crippen LogP contribution < -0.4 is 5.32 Å². The van der Waals surface area contributed by atoms with E-state index in [1.54, 1.807) is 24.3 Å². The summed E-state index contributed by atoms with van der Waals surface area (Å²) in [6.07, 6.45) is 5.81. The second-order valence-corrected chi connectivity index (χ2v) is 9.73. The van der Waals surface area contributed by atoms with Gasteiger partial charge in [-0.15, -0.1) is 16.4 Å². The number of nitrogens with one attached hydrogen (secondary N) is 1. The molecule has 35 heavy (non-hydrogen) atoms. The van der Waals surface area contributed by atoms with E-state index in [4.69, 9.17) is 4.84 Å². The lowest BCUT2D eigenvalue weighted by molar-refractivity contribution is -0.0922. The van der Waals surface area contributed by atoms with Gasteiger partial charge in [0.25, 0.3) is 17.7 Å². The molecule has 0 radical (unpaired) electrons. The molecule has 7 nitrogen and oxygen atoms in total. The third-order valence-corrected chi connectivity index (χ3v) is 7.08. The smallest absolute Gasteiger partial charge is 0.285 e. The Morgan fingerprint density at radius 3 is 2.23 bits per heavy atom. The highest BCUT2D eigenvalue weighted by Crippen LogP contribution is 2.26. The van der Waals surface area contributed by atoms with Crippen molar-refractivity contribution in [2.45, 2.75) is 52.4 Å². The summed E-state index contributed by atoms with van der Waals surface area (Å²) in [5.41, 5.74) is 3.49. The Kier molecular flexibility index (Phi) is 8.05. The van der Waals surface area contributed by atoms with E-state index in [1.165, 1.54) is 16.2 Å². The first-order valence-electron chi connectivity index (χ1n) is 11.9.